The van der Waals surface area contributed by atoms with Crippen molar-refractivity contribution in [1.29, 1.82) is 0 Å². The quantitative estimate of drug-likeness (QED) is 0.586. The summed E-state index contributed by atoms with van der Waals surface area (Å²) in [5, 5.41) is 0. The van der Waals surface area contributed by atoms with Gasteiger partial charge in [0.15, 0.2) is 4.77 Å². The van der Waals surface area contributed by atoms with Gasteiger partial charge in [0.25, 0.3) is 5.56 Å². The van der Waals surface area contributed by atoms with Gasteiger partial charge in [-0.3, -0.25) is 14.2 Å². The highest BCUT2D eigenvalue weighted by atomic mass is 32.1. The van der Waals surface area contributed by atoms with Crippen molar-refractivity contribution in [2.24, 2.45) is 0 Å². The summed E-state index contributed by atoms with van der Waals surface area (Å²) in [5.41, 5.74) is -0.318. The fraction of sp³-hybridized carbons (Fsp3) is 0.375. The molecule has 0 aliphatic heterocycles. The molecule has 1 rings (SSSR count). The Kier molecular flexibility index (Phi) is 3.58. The van der Waals surface area contributed by atoms with E-state index in [9.17, 15) is 9.59 Å². The summed E-state index contributed by atoms with van der Waals surface area (Å²) < 4.78 is 6.06. The molecule has 0 aromatic carbocycles. The van der Waals surface area contributed by atoms with E-state index in [4.69, 9.17) is 17.0 Å². The zero-order chi connectivity index (χ0) is 10.6. The molecule has 0 saturated carbocycles. The van der Waals surface area contributed by atoms with Gasteiger partial charge in [0.2, 0.25) is 0 Å². The molecule has 1 N–H and O–H groups in total. The number of hydrogen-bond acceptors (Lipinski definition) is 4. The van der Waals surface area contributed by atoms with Crippen molar-refractivity contribution >= 4 is 18.2 Å². The molecule has 0 unspecified atom stereocenters. The second-order valence-corrected chi connectivity index (χ2v) is 2.90. The first-order valence-electron chi connectivity index (χ1n) is 4.09. The molecule has 0 aliphatic carbocycles. The highest BCUT2D eigenvalue weighted by Crippen LogP contribution is 1.86. The van der Waals surface area contributed by atoms with Crippen molar-refractivity contribution in [2.75, 3.05) is 6.61 Å². The van der Waals surface area contributed by atoms with Crippen LogP contribution in [0, 0.1) is 4.77 Å². The summed E-state index contributed by atoms with van der Waals surface area (Å²) in [6.07, 6.45) is 1.44. The molecular formula is C8H10N2O3S. The summed E-state index contributed by atoms with van der Waals surface area (Å²) in [7, 11) is 0. The van der Waals surface area contributed by atoms with Crippen LogP contribution in [0.25, 0.3) is 0 Å². The zero-order valence-electron chi connectivity index (χ0n) is 7.65. The average molecular weight is 214 g/mol. The Morgan fingerprint density at radius 3 is 3.00 bits per heavy atom. The van der Waals surface area contributed by atoms with E-state index >= 15 is 0 Å². The number of esters is 1. The van der Waals surface area contributed by atoms with E-state index in [2.05, 4.69) is 4.98 Å². The van der Waals surface area contributed by atoms with Gasteiger partial charge in [0.05, 0.1) is 6.61 Å². The van der Waals surface area contributed by atoms with Gasteiger partial charge in [-0.05, 0) is 19.1 Å². The molecule has 76 valence electrons. The zero-order valence-corrected chi connectivity index (χ0v) is 8.47. The maximum Gasteiger partial charge on any atom is 0.326 e. The molecule has 0 radical (unpaired) electrons. The summed E-state index contributed by atoms with van der Waals surface area (Å²) in [5.74, 6) is -0.472. The highest BCUT2D eigenvalue weighted by Gasteiger charge is 2.05. The molecule has 1 heterocycles. The smallest absolute Gasteiger partial charge is 0.326 e. The Labute approximate surface area is 85.3 Å². The second kappa shape index (κ2) is 4.71. The summed E-state index contributed by atoms with van der Waals surface area (Å²) in [4.78, 5) is 25.0. The van der Waals surface area contributed by atoms with Crippen LogP contribution in [-0.2, 0) is 16.1 Å². The van der Waals surface area contributed by atoms with Gasteiger partial charge in [0, 0.05) is 12.3 Å². The maximum absolute atomic E-state index is 11.2. The SMILES string of the molecule is CCOC(=O)Cn1c(=O)cc[nH]c1=S. The van der Waals surface area contributed by atoms with Crippen molar-refractivity contribution in [3.8, 4) is 0 Å². The summed E-state index contributed by atoms with van der Waals surface area (Å²) in [6, 6.07) is 1.30. The van der Waals surface area contributed by atoms with Gasteiger partial charge in [-0.2, -0.15) is 0 Å². The van der Waals surface area contributed by atoms with Crippen LogP contribution < -0.4 is 5.56 Å². The Morgan fingerprint density at radius 2 is 2.43 bits per heavy atom. The number of aromatic amines is 1. The van der Waals surface area contributed by atoms with E-state index in [0.29, 0.717) is 0 Å². The maximum atomic E-state index is 11.2. The number of nitrogens with one attached hydrogen (secondary N) is 1. The highest BCUT2D eigenvalue weighted by molar-refractivity contribution is 7.71. The van der Waals surface area contributed by atoms with E-state index in [1.807, 2.05) is 0 Å². The van der Waals surface area contributed by atoms with Crippen molar-refractivity contribution in [3.63, 3.8) is 0 Å². The van der Waals surface area contributed by atoms with Crippen molar-refractivity contribution in [3.05, 3.63) is 27.4 Å². The van der Waals surface area contributed by atoms with Crippen LogP contribution in [0.1, 0.15) is 6.92 Å². The largest absolute Gasteiger partial charge is 0.465 e. The number of nitrogens with zero attached hydrogens (tertiary/aromatic N) is 1. The Hall–Kier alpha value is -1.43. The van der Waals surface area contributed by atoms with E-state index in [1.54, 1.807) is 6.92 Å². The minimum absolute atomic E-state index is 0.150. The van der Waals surface area contributed by atoms with Gasteiger partial charge in [-0.1, -0.05) is 0 Å². The third-order valence-electron chi connectivity index (χ3n) is 1.54. The van der Waals surface area contributed by atoms with Crippen LogP contribution in [0.4, 0.5) is 0 Å². The number of ether oxygens (including phenoxy) is 1. The van der Waals surface area contributed by atoms with Crippen LogP contribution >= 0.6 is 12.2 Å². The molecule has 0 bridgehead atoms. The Bertz CT molecular complexity index is 406. The van der Waals surface area contributed by atoms with Crippen LogP contribution in [0.3, 0.4) is 0 Å². The standard InChI is InChI=1S/C8H10N2O3S/c1-2-13-7(12)5-10-6(11)3-4-9-8(10)14/h3-4H,2,5H2,1H3,(H,9,14). The first-order valence-corrected chi connectivity index (χ1v) is 4.50. The lowest BCUT2D eigenvalue weighted by Gasteiger charge is -2.04. The van der Waals surface area contributed by atoms with Gasteiger partial charge in [0.1, 0.15) is 6.54 Å². The molecule has 0 fully saturated rings. The first-order chi connectivity index (χ1) is 6.65. The van der Waals surface area contributed by atoms with E-state index in [-0.39, 0.29) is 23.5 Å². The van der Waals surface area contributed by atoms with Gasteiger partial charge in [-0.15, -0.1) is 0 Å². The molecule has 6 heteroatoms. The van der Waals surface area contributed by atoms with Crippen LogP contribution in [0.5, 0.6) is 0 Å². The van der Waals surface area contributed by atoms with E-state index in [0.717, 1.165) is 4.57 Å². The molecule has 0 amide bonds. The average Bonchev–Trinajstić information content (AvgIpc) is 2.12. The molecule has 1 aromatic rings. The molecular weight excluding hydrogens is 204 g/mol. The van der Waals surface area contributed by atoms with E-state index < -0.39 is 5.97 Å². The van der Waals surface area contributed by atoms with Crippen LogP contribution in [0.2, 0.25) is 0 Å². The number of hydrogen-bond donors (Lipinski definition) is 1. The third-order valence-corrected chi connectivity index (χ3v) is 1.87. The van der Waals surface area contributed by atoms with Crippen molar-refractivity contribution < 1.29 is 9.53 Å². The molecule has 0 spiro atoms. The minimum atomic E-state index is -0.472. The number of rotatable bonds is 3. The third kappa shape index (κ3) is 2.53. The lowest BCUT2D eigenvalue weighted by molar-refractivity contribution is -0.143. The molecule has 5 nitrogen and oxygen atoms in total. The first kappa shape index (κ1) is 10.6. The number of carbonyl (C=O) groups excluding carboxylic acids is 1. The number of carbonyl (C=O) groups is 1. The predicted molar refractivity (Wildman–Crippen MR) is 52.5 cm³/mol. The van der Waals surface area contributed by atoms with Crippen LogP contribution in [-0.4, -0.2) is 22.1 Å². The lowest BCUT2D eigenvalue weighted by Crippen LogP contribution is -2.25. The second-order valence-electron chi connectivity index (χ2n) is 2.51. The molecule has 0 aliphatic rings. The number of aromatic nitrogens is 2. The number of H-pyrrole nitrogens is 1. The topological polar surface area (TPSA) is 64.1 Å². The van der Waals surface area contributed by atoms with Gasteiger partial charge >= 0.3 is 5.97 Å². The van der Waals surface area contributed by atoms with E-state index in [1.165, 1.54) is 12.3 Å². The van der Waals surface area contributed by atoms with Gasteiger partial charge in [-0.25, -0.2) is 0 Å². The summed E-state index contributed by atoms with van der Waals surface area (Å²) >= 11 is 4.84. The predicted octanol–water partition coefficient (Wildman–Crippen LogP) is 0.469. The lowest BCUT2D eigenvalue weighted by atomic mass is 10.5. The Morgan fingerprint density at radius 1 is 1.71 bits per heavy atom. The molecule has 14 heavy (non-hydrogen) atoms. The van der Waals surface area contributed by atoms with Crippen molar-refractivity contribution in [2.45, 2.75) is 13.5 Å². The molecule has 0 atom stereocenters. The fourth-order valence-electron chi connectivity index (χ4n) is 0.938. The normalized spacial score (nSPS) is 9.79. The molecule has 1 aromatic heterocycles. The molecule has 0 saturated heterocycles. The summed E-state index contributed by atoms with van der Waals surface area (Å²) in [6.45, 7) is 1.84. The van der Waals surface area contributed by atoms with Crippen LogP contribution in [0.15, 0.2) is 17.1 Å². The Balaban J connectivity index is 2.92. The van der Waals surface area contributed by atoms with Crippen molar-refractivity contribution in [1.82, 2.24) is 9.55 Å². The minimum Gasteiger partial charge on any atom is -0.465 e. The monoisotopic (exact) mass is 214 g/mol. The fourth-order valence-corrected chi connectivity index (χ4v) is 1.16. The van der Waals surface area contributed by atoms with Gasteiger partial charge < -0.3 is 9.72 Å².